The van der Waals surface area contributed by atoms with Crippen LogP contribution in [0.4, 0.5) is 17.6 Å². The van der Waals surface area contributed by atoms with Crippen LogP contribution in [0.25, 0.3) is 5.65 Å². The molecule has 144 valence electrons. The zero-order chi connectivity index (χ0) is 20.2. The molecule has 3 aromatic heterocycles. The van der Waals surface area contributed by atoms with Gasteiger partial charge in [0.1, 0.15) is 17.2 Å². The third-order valence-corrected chi connectivity index (χ3v) is 4.71. The lowest BCUT2D eigenvalue weighted by Gasteiger charge is -2.12. The molecule has 2 unspecified atom stereocenters. The van der Waals surface area contributed by atoms with E-state index in [9.17, 15) is 22.4 Å². The first-order chi connectivity index (χ1) is 13.2. The molecule has 1 aliphatic carbocycles. The van der Waals surface area contributed by atoms with Crippen LogP contribution >= 0.6 is 11.6 Å². The Balaban J connectivity index is 1.79. The number of pyridine rings is 1. The van der Waals surface area contributed by atoms with Crippen LogP contribution in [0.2, 0.25) is 5.15 Å². The molecule has 2 atom stereocenters. The van der Waals surface area contributed by atoms with E-state index in [1.165, 1.54) is 6.07 Å². The van der Waals surface area contributed by atoms with E-state index in [1.54, 1.807) is 0 Å². The van der Waals surface area contributed by atoms with Gasteiger partial charge in [-0.1, -0.05) is 11.6 Å². The van der Waals surface area contributed by atoms with Crippen LogP contribution in [-0.4, -0.2) is 19.2 Å². The Morgan fingerprint density at radius 1 is 1.32 bits per heavy atom. The number of hydrogen-bond donors (Lipinski definition) is 0. The van der Waals surface area contributed by atoms with Gasteiger partial charge >= 0.3 is 6.18 Å². The molecule has 0 radical (unpaired) electrons. The smallest absolute Gasteiger partial charge is 0.269 e. The average Bonchev–Trinajstić information content (AvgIpc) is 3.28. The Bertz CT molecular complexity index is 1190. The molecular weight excluding hydrogens is 402 g/mol. The van der Waals surface area contributed by atoms with Gasteiger partial charge in [0, 0.05) is 18.1 Å². The first-order valence-corrected chi connectivity index (χ1v) is 8.48. The zero-order valence-electron chi connectivity index (χ0n) is 13.9. The molecular formula is C17H10ClF4N5O. The zero-order valence-corrected chi connectivity index (χ0v) is 14.7. The SMILES string of the molecule is N#CC1CC1c1c(F)ccc2nc(Cn3nc(Cl)cc3C(F)(F)F)cc(=O)n12. The van der Waals surface area contributed by atoms with Gasteiger partial charge in [-0.15, -0.1) is 0 Å². The van der Waals surface area contributed by atoms with E-state index >= 15 is 0 Å². The summed E-state index contributed by atoms with van der Waals surface area (Å²) < 4.78 is 55.2. The van der Waals surface area contributed by atoms with Crippen molar-refractivity contribution < 1.29 is 17.6 Å². The molecule has 3 aromatic rings. The first-order valence-electron chi connectivity index (χ1n) is 8.10. The lowest BCUT2D eigenvalue weighted by atomic mass is 10.2. The number of aromatic nitrogens is 4. The number of hydrogen-bond acceptors (Lipinski definition) is 4. The topological polar surface area (TPSA) is 76.0 Å². The summed E-state index contributed by atoms with van der Waals surface area (Å²) in [5.41, 5.74) is -1.57. The second-order valence-corrected chi connectivity index (χ2v) is 6.82. The van der Waals surface area contributed by atoms with Gasteiger partial charge in [-0.2, -0.15) is 23.5 Å². The molecule has 1 aliphatic rings. The summed E-state index contributed by atoms with van der Waals surface area (Å²) in [6.45, 7) is -0.440. The minimum absolute atomic E-state index is 0.0143. The van der Waals surface area contributed by atoms with E-state index < -0.39 is 35.7 Å². The predicted molar refractivity (Wildman–Crippen MR) is 89.2 cm³/mol. The molecule has 0 saturated heterocycles. The van der Waals surface area contributed by atoms with Crippen LogP contribution in [0.5, 0.6) is 0 Å². The molecule has 3 heterocycles. The second kappa shape index (κ2) is 6.31. The van der Waals surface area contributed by atoms with Crippen molar-refractivity contribution in [1.29, 1.82) is 5.26 Å². The van der Waals surface area contributed by atoms with Gasteiger partial charge < -0.3 is 0 Å². The summed E-state index contributed by atoms with van der Waals surface area (Å²) in [6.07, 6.45) is -4.25. The Hall–Kier alpha value is -2.93. The van der Waals surface area contributed by atoms with E-state index in [4.69, 9.17) is 16.9 Å². The van der Waals surface area contributed by atoms with Crippen LogP contribution < -0.4 is 5.56 Å². The summed E-state index contributed by atoms with van der Waals surface area (Å²) in [7, 11) is 0. The number of halogens is 5. The summed E-state index contributed by atoms with van der Waals surface area (Å²) in [5.74, 6) is -1.43. The quantitative estimate of drug-likeness (QED) is 0.619. The van der Waals surface area contributed by atoms with Crippen molar-refractivity contribution in [3.8, 4) is 6.07 Å². The van der Waals surface area contributed by atoms with E-state index in [0.717, 1.165) is 16.5 Å². The van der Waals surface area contributed by atoms with Crippen LogP contribution in [0.3, 0.4) is 0 Å². The molecule has 1 saturated carbocycles. The summed E-state index contributed by atoms with van der Waals surface area (Å²) >= 11 is 5.59. The molecule has 28 heavy (non-hydrogen) atoms. The van der Waals surface area contributed by atoms with Crippen LogP contribution in [0, 0.1) is 23.1 Å². The number of fused-ring (bicyclic) bond motifs is 1. The maximum absolute atomic E-state index is 14.3. The van der Waals surface area contributed by atoms with E-state index in [1.807, 2.05) is 6.07 Å². The lowest BCUT2D eigenvalue weighted by Crippen LogP contribution is -2.22. The summed E-state index contributed by atoms with van der Waals surface area (Å²) in [5, 5.41) is 12.2. The third kappa shape index (κ3) is 3.11. The molecule has 0 amide bonds. The molecule has 0 aliphatic heterocycles. The van der Waals surface area contributed by atoms with Gasteiger partial charge in [0.2, 0.25) is 0 Å². The fraction of sp³-hybridized carbons (Fsp3) is 0.294. The number of nitriles is 1. The monoisotopic (exact) mass is 411 g/mol. The second-order valence-electron chi connectivity index (χ2n) is 6.43. The van der Waals surface area contributed by atoms with E-state index in [2.05, 4.69) is 10.1 Å². The van der Waals surface area contributed by atoms with Crippen molar-refractivity contribution >= 4 is 17.2 Å². The van der Waals surface area contributed by atoms with Crippen LogP contribution in [0.1, 0.15) is 29.4 Å². The van der Waals surface area contributed by atoms with Crippen molar-refractivity contribution in [3.05, 3.63) is 62.7 Å². The number of alkyl halides is 3. The molecule has 0 spiro atoms. The van der Waals surface area contributed by atoms with Gasteiger partial charge in [-0.3, -0.25) is 13.9 Å². The van der Waals surface area contributed by atoms with E-state index in [0.29, 0.717) is 17.2 Å². The van der Waals surface area contributed by atoms with Crippen molar-refractivity contribution in [3.63, 3.8) is 0 Å². The number of nitrogens with zero attached hydrogens (tertiary/aromatic N) is 5. The fourth-order valence-electron chi connectivity index (χ4n) is 3.19. The average molecular weight is 412 g/mol. The highest BCUT2D eigenvalue weighted by Crippen LogP contribution is 2.47. The predicted octanol–water partition coefficient (Wildman–Crippen LogP) is 3.38. The Labute approximate surface area is 159 Å². The molecule has 11 heteroatoms. The Morgan fingerprint density at radius 3 is 2.71 bits per heavy atom. The van der Waals surface area contributed by atoms with Gasteiger partial charge in [-0.05, 0) is 18.6 Å². The van der Waals surface area contributed by atoms with Crippen molar-refractivity contribution in [2.24, 2.45) is 5.92 Å². The van der Waals surface area contributed by atoms with E-state index in [-0.39, 0.29) is 28.1 Å². The van der Waals surface area contributed by atoms with Gasteiger partial charge in [0.15, 0.2) is 5.15 Å². The molecule has 6 nitrogen and oxygen atoms in total. The van der Waals surface area contributed by atoms with Crippen molar-refractivity contribution in [1.82, 2.24) is 19.2 Å². The van der Waals surface area contributed by atoms with Crippen LogP contribution in [0.15, 0.2) is 29.1 Å². The van der Waals surface area contributed by atoms with Crippen LogP contribution in [-0.2, 0) is 12.7 Å². The van der Waals surface area contributed by atoms with Crippen molar-refractivity contribution in [2.75, 3.05) is 0 Å². The highest BCUT2D eigenvalue weighted by atomic mass is 35.5. The van der Waals surface area contributed by atoms with Crippen molar-refractivity contribution in [2.45, 2.75) is 25.1 Å². The Morgan fingerprint density at radius 2 is 2.07 bits per heavy atom. The normalized spacial score (nSPS) is 19.0. The minimum atomic E-state index is -4.68. The fourth-order valence-corrected chi connectivity index (χ4v) is 3.39. The third-order valence-electron chi connectivity index (χ3n) is 4.52. The maximum Gasteiger partial charge on any atom is 0.433 e. The van der Waals surface area contributed by atoms with Gasteiger partial charge in [-0.25, -0.2) is 9.37 Å². The molecule has 0 N–H and O–H groups in total. The summed E-state index contributed by atoms with van der Waals surface area (Å²) in [4.78, 5) is 16.7. The largest absolute Gasteiger partial charge is 0.433 e. The molecule has 0 aromatic carbocycles. The molecule has 1 fully saturated rings. The van der Waals surface area contributed by atoms with Gasteiger partial charge in [0.25, 0.3) is 5.56 Å². The van der Waals surface area contributed by atoms with Gasteiger partial charge in [0.05, 0.1) is 29.9 Å². The highest BCUT2D eigenvalue weighted by molar-refractivity contribution is 6.29. The Kier molecular flexibility index (Phi) is 4.15. The number of rotatable bonds is 3. The maximum atomic E-state index is 14.3. The molecule has 0 bridgehead atoms. The lowest BCUT2D eigenvalue weighted by molar-refractivity contribution is -0.144. The molecule has 4 rings (SSSR count). The first kappa shape index (κ1) is 18.4. The summed E-state index contributed by atoms with van der Waals surface area (Å²) in [6, 6.07) is 6.12. The highest BCUT2D eigenvalue weighted by Gasteiger charge is 2.42. The minimum Gasteiger partial charge on any atom is -0.269 e. The standard InChI is InChI=1S/C17H10ClF4N5O/c18-13-5-12(17(20,21)22)26(25-13)7-9-4-15(28)27-14(24-9)2-1-11(19)16(27)10-3-8(10)6-23/h1-2,4-5,8,10H,3,7H2.